The van der Waals surface area contributed by atoms with E-state index in [9.17, 15) is 10.4 Å². The van der Waals surface area contributed by atoms with Crippen molar-refractivity contribution in [3.05, 3.63) is 72.5 Å². The molecule has 2 aromatic carbocycles. The van der Waals surface area contributed by atoms with Crippen LogP contribution in [0.1, 0.15) is 12.7 Å². The summed E-state index contributed by atoms with van der Waals surface area (Å²) in [5, 5.41) is 20.8. The quantitative estimate of drug-likeness (QED) is 0.267. The number of thioether (sulfide) groups is 1. The average Bonchev–Trinajstić information content (AvgIpc) is 3.41. The molecule has 4 rings (SSSR count). The molecular weight excluding hydrogens is 398 g/mol. The van der Waals surface area contributed by atoms with E-state index in [0.29, 0.717) is 11.0 Å². The number of ether oxygens (including phenoxy) is 1. The number of rotatable bonds is 6. The first-order valence-electron chi connectivity index (χ1n) is 9.23. The van der Waals surface area contributed by atoms with E-state index in [1.54, 1.807) is 13.3 Å². The highest BCUT2D eigenvalue weighted by molar-refractivity contribution is 7.99. The number of benzene rings is 2. The maximum atomic E-state index is 10.8. The summed E-state index contributed by atoms with van der Waals surface area (Å²) >= 11 is 1.35. The maximum absolute atomic E-state index is 10.8. The number of hydrogen-bond donors (Lipinski definition) is 2. The second-order valence-electron chi connectivity index (χ2n) is 6.52. The number of imidazole rings is 2. The highest BCUT2D eigenvalue weighted by Crippen LogP contribution is 2.31. The van der Waals surface area contributed by atoms with Crippen LogP contribution in [0.25, 0.3) is 22.3 Å². The number of nitrogens with zero attached hydrogens (tertiary/aromatic N) is 4. The Morgan fingerprint density at radius 2 is 2.10 bits per heavy atom. The molecule has 0 saturated carbocycles. The summed E-state index contributed by atoms with van der Waals surface area (Å²) in [6.07, 6.45) is 3.54. The number of aromatic amines is 1. The third-order valence-corrected chi connectivity index (χ3v) is 5.69. The molecule has 0 saturated heterocycles. The zero-order valence-corrected chi connectivity index (χ0v) is 17.2. The molecule has 0 bridgehead atoms. The van der Waals surface area contributed by atoms with E-state index in [1.165, 1.54) is 11.8 Å². The van der Waals surface area contributed by atoms with Crippen molar-refractivity contribution in [3.8, 4) is 17.5 Å². The smallest absolute Gasteiger partial charge is 0.173 e. The number of para-hydroxylation sites is 2. The first kappa shape index (κ1) is 19.6. The fraction of sp³-hybridized carbons (Fsp3) is 0.136. The van der Waals surface area contributed by atoms with Crippen molar-refractivity contribution in [2.24, 2.45) is 0 Å². The Bertz CT molecular complexity index is 1230. The van der Waals surface area contributed by atoms with E-state index >= 15 is 0 Å². The third-order valence-electron chi connectivity index (χ3n) is 4.60. The van der Waals surface area contributed by atoms with Crippen molar-refractivity contribution in [1.29, 1.82) is 5.26 Å². The number of H-pyrrole nitrogens is 1. The lowest BCUT2D eigenvalue weighted by atomic mass is 10.2. The van der Waals surface area contributed by atoms with Gasteiger partial charge in [-0.25, -0.2) is 9.97 Å². The number of hydrogen-bond acceptors (Lipinski definition) is 6. The van der Waals surface area contributed by atoms with E-state index < -0.39 is 5.25 Å². The van der Waals surface area contributed by atoms with Gasteiger partial charge in [0.05, 0.1) is 29.1 Å². The van der Waals surface area contributed by atoms with Crippen molar-refractivity contribution in [2.45, 2.75) is 17.3 Å². The molecular formula is C22H19N5O2S. The number of fused-ring (bicyclic) bond motifs is 1. The first-order valence-corrected chi connectivity index (χ1v) is 10.1. The van der Waals surface area contributed by atoms with Crippen LogP contribution in [0.15, 0.2) is 71.8 Å². The van der Waals surface area contributed by atoms with Gasteiger partial charge < -0.3 is 14.8 Å². The van der Waals surface area contributed by atoms with E-state index in [4.69, 9.17) is 4.74 Å². The zero-order chi connectivity index (χ0) is 21.1. The Kier molecular flexibility index (Phi) is 5.46. The molecule has 0 aliphatic heterocycles. The summed E-state index contributed by atoms with van der Waals surface area (Å²) in [6, 6.07) is 17.2. The molecule has 0 aliphatic carbocycles. The number of nitriles is 1. The Hall–Kier alpha value is -3.70. The van der Waals surface area contributed by atoms with E-state index in [0.717, 1.165) is 22.5 Å². The van der Waals surface area contributed by atoms with Gasteiger partial charge in [0.2, 0.25) is 0 Å². The van der Waals surface area contributed by atoms with Gasteiger partial charge in [0.1, 0.15) is 23.2 Å². The van der Waals surface area contributed by atoms with E-state index in [2.05, 4.69) is 21.0 Å². The van der Waals surface area contributed by atoms with Crippen molar-refractivity contribution < 1.29 is 9.84 Å². The highest BCUT2D eigenvalue weighted by Gasteiger charge is 2.21. The van der Waals surface area contributed by atoms with Gasteiger partial charge in [-0.15, -0.1) is 0 Å². The van der Waals surface area contributed by atoms with Crippen LogP contribution in [0.2, 0.25) is 0 Å². The van der Waals surface area contributed by atoms with Crippen LogP contribution in [-0.4, -0.2) is 37.0 Å². The Morgan fingerprint density at radius 1 is 1.27 bits per heavy atom. The highest BCUT2D eigenvalue weighted by atomic mass is 32.2. The van der Waals surface area contributed by atoms with Gasteiger partial charge in [-0.2, -0.15) is 5.26 Å². The van der Waals surface area contributed by atoms with Crippen LogP contribution in [0, 0.1) is 11.3 Å². The summed E-state index contributed by atoms with van der Waals surface area (Å²) in [6.45, 7) is 1.82. The van der Waals surface area contributed by atoms with Crippen LogP contribution in [0.5, 0.6) is 5.75 Å². The predicted octanol–water partition coefficient (Wildman–Crippen LogP) is 4.73. The largest absolute Gasteiger partial charge is 0.510 e. The number of nitrogens with one attached hydrogen (secondary N) is 1. The summed E-state index contributed by atoms with van der Waals surface area (Å²) in [4.78, 5) is 11.9. The number of aromatic nitrogens is 4. The molecule has 4 aromatic rings. The molecule has 1 unspecified atom stereocenters. The molecule has 1 atom stereocenters. The molecule has 0 aliphatic rings. The van der Waals surface area contributed by atoms with Crippen LogP contribution < -0.4 is 4.74 Å². The molecule has 0 spiro atoms. The molecule has 30 heavy (non-hydrogen) atoms. The summed E-state index contributed by atoms with van der Waals surface area (Å²) in [5.41, 5.74) is 2.55. The van der Waals surface area contributed by atoms with Crippen LogP contribution >= 0.6 is 11.8 Å². The van der Waals surface area contributed by atoms with Gasteiger partial charge in [0.25, 0.3) is 0 Å². The topological polar surface area (TPSA) is 99.8 Å². The third kappa shape index (κ3) is 3.75. The van der Waals surface area contributed by atoms with Gasteiger partial charge in [-0.05, 0) is 31.2 Å². The normalized spacial score (nSPS) is 13.0. The Balaban J connectivity index is 1.64. The monoisotopic (exact) mass is 417 g/mol. The van der Waals surface area contributed by atoms with Crippen molar-refractivity contribution in [1.82, 2.24) is 19.5 Å². The zero-order valence-electron chi connectivity index (χ0n) is 16.4. The van der Waals surface area contributed by atoms with Gasteiger partial charge >= 0.3 is 0 Å². The lowest BCUT2D eigenvalue weighted by molar-refractivity contribution is 0.401. The molecule has 2 N–H and O–H groups in total. The van der Waals surface area contributed by atoms with Crippen LogP contribution in [0.3, 0.4) is 0 Å². The SMILES string of the molecule is COc1cccc(-n2ccnc2SC(C)C(O)=C(C#N)c2nc3ccccc3[nH]2)c1. The molecule has 2 heterocycles. The molecule has 150 valence electrons. The Morgan fingerprint density at radius 3 is 2.87 bits per heavy atom. The lowest BCUT2D eigenvalue weighted by Gasteiger charge is -2.13. The van der Waals surface area contributed by atoms with Crippen molar-refractivity contribution in [3.63, 3.8) is 0 Å². The minimum atomic E-state index is -0.417. The number of aliphatic hydroxyl groups excluding tert-OH is 1. The molecule has 0 radical (unpaired) electrons. The van der Waals surface area contributed by atoms with Gasteiger partial charge in [0, 0.05) is 18.5 Å². The van der Waals surface area contributed by atoms with Gasteiger partial charge in [-0.3, -0.25) is 4.57 Å². The summed E-state index contributed by atoms with van der Waals surface area (Å²) in [5.74, 6) is 1.03. The summed E-state index contributed by atoms with van der Waals surface area (Å²) in [7, 11) is 1.62. The van der Waals surface area contributed by atoms with Crippen molar-refractivity contribution in [2.75, 3.05) is 7.11 Å². The molecule has 0 fully saturated rings. The molecule has 0 amide bonds. The Labute approximate surface area is 177 Å². The standard InChI is InChI=1S/C22H19N5O2S/c1-14(20(28)17(13-23)21-25-18-8-3-4-9-19(18)26-21)30-22-24-10-11-27(22)15-6-5-7-16(12-15)29-2/h3-12,14,28H,1-2H3,(H,25,26). The molecule has 8 heteroatoms. The number of aliphatic hydroxyl groups is 1. The summed E-state index contributed by atoms with van der Waals surface area (Å²) < 4.78 is 7.20. The van der Waals surface area contributed by atoms with E-state index in [1.807, 2.05) is 66.2 Å². The lowest BCUT2D eigenvalue weighted by Crippen LogP contribution is -2.07. The molecule has 7 nitrogen and oxygen atoms in total. The first-order chi connectivity index (χ1) is 14.6. The van der Waals surface area contributed by atoms with Crippen LogP contribution in [0.4, 0.5) is 0 Å². The minimum Gasteiger partial charge on any atom is -0.510 e. The fourth-order valence-electron chi connectivity index (χ4n) is 3.05. The van der Waals surface area contributed by atoms with Gasteiger partial charge in [-0.1, -0.05) is 30.0 Å². The molecule has 2 aromatic heterocycles. The van der Waals surface area contributed by atoms with Crippen molar-refractivity contribution >= 4 is 28.4 Å². The number of methoxy groups -OCH3 is 1. The second-order valence-corrected chi connectivity index (χ2v) is 7.82. The van der Waals surface area contributed by atoms with Crippen LogP contribution in [-0.2, 0) is 0 Å². The van der Waals surface area contributed by atoms with E-state index in [-0.39, 0.29) is 11.3 Å². The average molecular weight is 417 g/mol. The fourth-order valence-corrected chi connectivity index (χ4v) is 4.00. The van der Waals surface area contributed by atoms with Gasteiger partial charge in [0.15, 0.2) is 11.0 Å². The maximum Gasteiger partial charge on any atom is 0.173 e. The number of allylic oxidation sites excluding steroid dienone is 1. The second kappa shape index (κ2) is 8.35. The predicted molar refractivity (Wildman–Crippen MR) is 117 cm³/mol. The minimum absolute atomic E-state index is 0.0539.